The van der Waals surface area contributed by atoms with Crippen molar-refractivity contribution in [3.63, 3.8) is 0 Å². The lowest BCUT2D eigenvalue weighted by molar-refractivity contribution is 0.104. The van der Waals surface area contributed by atoms with Gasteiger partial charge in [-0.05, 0) is 41.3 Å². The molecule has 3 rings (SSSR count). The van der Waals surface area contributed by atoms with E-state index in [0.29, 0.717) is 10.6 Å². The van der Waals surface area contributed by atoms with E-state index in [4.69, 9.17) is 4.74 Å². The van der Waals surface area contributed by atoms with Gasteiger partial charge in [0.1, 0.15) is 11.6 Å². The van der Waals surface area contributed by atoms with Gasteiger partial charge in [-0.25, -0.2) is 9.37 Å². The number of aromatic amines is 1. The molecule has 1 unspecified atom stereocenters. The number of imidazole rings is 1. The SMILES string of the molecule is Fc1cc2[nH]c(CCC3CCCO3)nc2cc1Br. The van der Waals surface area contributed by atoms with Crippen molar-refractivity contribution in [2.24, 2.45) is 0 Å². The van der Waals surface area contributed by atoms with Gasteiger partial charge in [0.15, 0.2) is 0 Å². The Morgan fingerprint density at radius 3 is 3.17 bits per heavy atom. The molecule has 2 heterocycles. The van der Waals surface area contributed by atoms with Crippen molar-refractivity contribution in [2.75, 3.05) is 6.61 Å². The van der Waals surface area contributed by atoms with E-state index in [1.807, 2.05) is 0 Å². The Hall–Kier alpha value is -0.940. The predicted octanol–water partition coefficient (Wildman–Crippen LogP) is 3.58. The quantitative estimate of drug-likeness (QED) is 0.940. The third-order valence-corrected chi connectivity index (χ3v) is 3.91. The van der Waals surface area contributed by atoms with Crippen LogP contribution in [0.5, 0.6) is 0 Å². The zero-order chi connectivity index (χ0) is 12.5. The van der Waals surface area contributed by atoms with E-state index in [-0.39, 0.29) is 5.82 Å². The first-order valence-corrected chi connectivity index (χ1v) is 6.97. The topological polar surface area (TPSA) is 37.9 Å². The van der Waals surface area contributed by atoms with Crippen molar-refractivity contribution in [3.05, 3.63) is 28.2 Å². The number of aromatic nitrogens is 2. The first-order valence-electron chi connectivity index (χ1n) is 6.17. The van der Waals surface area contributed by atoms with Crippen molar-refractivity contribution in [2.45, 2.75) is 31.8 Å². The summed E-state index contributed by atoms with van der Waals surface area (Å²) in [5.74, 6) is 0.634. The van der Waals surface area contributed by atoms with Crippen LogP contribution in [-0.4, -0.2) is 22.7 Å². The molecule has 1 aliphatic rings. The van der Waals surface area contributed by atoms with Crippen molar-refractivity contribution < 1.29 is 9.13 Å². The number of nitrogens with one attached hydrogen (secondary N) is 1. The zero-order valence-electron chi connectivity index (χ0n) is 9.88. The average molecular weight is 313 g/mol. The molecule has 1 N–H and O–H groups in total. The molecule has 1 fully saturated rings. The summed E-state index contributed by atoms with van der Waals surface area (Å²) in [5, 5.41) is 0. The van der Waals surface area contributed by atoms with Crippen LogP contribution in [0.1, 0.15) is 25.1 Å². The zero-order valence-corrected chi connectivity index (χ0v) is 11.5. The highest BCUT2D eigenvalue weighted by Crippen LogP contribution is 2.23. The summed E-state index contributed by atoms with van der Waals surface area (Å²) in [7, 11) is 0. The molecule has 1 aromatic heterocycles. The fourth-order valence-electron chi connectivity index (χ4n) is 2.35. The molecule has 1 saturated heterocycles. The lowest BCUT2D eigenvalue weighted by atomic mass is 10.1. The molecule has 96 valence electrons. The number of halogens is 2. The molecule has 1 atom stereocenters. The van der Waals surface area contributed by atoms with Gasteiger partial charge in [0.25, 0.3) is 0 Å². The molecule has 5 heteroatoms. The van der Waals surface area contributed by atoms with E-state index in [9.17, 15) is 4.39 Å². The molecule has 1 aliphatic heterocycles. The summed E-state index contributed by atoms with van der Waals surface area (Å²) in [6.45, 7) is 0.878. The van der Waals surface area contributed by atoms with Crippen LogP contribution in [0.2, 0.25) is 0 Å². The minimum atomic E-state index is -0.267. The maximum Gasteiger partial charge on any atom is 0.139 e. The number of H-pyrrole nitrogens is 1. The van der Waals surface area contributed by atoms with Crippen LogP contribution < -0.4 is 0 Å². The standard InChI is InChI=1S/C13H14BrFN2O/c14-9-6-11-12(7-10(9)15)17-13(16-11)4-3-8-2-1-5-18-8/h6-8H,1-5H2,(H,16,17). The average Bonchev–Trinajstić information content (AvgIpc) is 2.96. The van der Waals surface area contributed by atoms with Gasteiger partial charge in [0.2, 0.25) is 0 Å². The van der Waals surface area contributed by atoms with Crippen molar-refractivity contribution in [1.29, 1.82) is 0 Å². The van der Waals surface area contributed by atoms with Crippen molar-refractivity contribution in [3.8, 4) is 0 Å². The molecule has 0 radical (unpaired) electrons. The monoisotopic (exact) mass is 312 g/mol. The Kier molecular flexibility index (Phi) is 3.35. The summed E-state index contributed by atoms with van der Waals surface area (Å²) in [6, 6.07) is 3.18. The number of hydrogen-bond donors (Lipinski definition) is 1. The fourth-order valence-corrected chi connectivity index (χ4v) is 2.68. The third-order valence-electron chi connectivity index (χ3n) is 3.30. The van der Waals surface area contributed by atoms with E-state index >= 15 is 0 Å². The van der Waals surface area contributed by atoms with Gasteiger partial charge in [-0.15, -0.1) is 0 Å². The van der Waals surface area contributed by atoms with Crippen LogP contribution in [0, 0.1) is 5.82 Å². The highest BCUT2D eigenvalue weighted by molar-refractivity contribution is 9.10. The maximum absolute atomic E-state index is 13.4. The van der Waals surface area contributed by atoms with Crippen LogP contribution in [0.3, 0.4) is 0 Å². The molecule has 0 saturated carbocycles. The third kappa shape index (κ3) is 2.42. The molecule has 2 aromatic rings. The Balaban J connectivity index is 1.76. The summed E-state index contributed by atoms with van der Waals surface area (Å²) >= 11 is 3.17. The number of aryl methyl sites for hydroxylation is 1. The van der Waals surface area contributed by atoms with Crippen LogP contribution in [0.4, 0.5) is 4.39 Å². The van der Waals surface area contributed by atoms with Gasteiger partial charge in [-0.1, -0.05) is 0 Å². The van der Waals surface area contributed by atoms with Gasteiger partial charge in [-0.2, -0.15) is 0 Å². The lowest BCUT2D eigenvalue weighted by Gasteiger charge is -2.06. The summed E-state index contributed by atoms with van der Waals surface area (Å²) in [6.07, 6.45) is 4.48. The summed E-state index contributed by atoms with van der Waals surface area (Å²) < 4.78 is 19.4. The molecular weight excluding hydrogens is 299 g/mol. The number of benzene rings is 1. The molecule has 0 amide bonds. The van der Waals surface area contributed by atoms with E-state index in [0.717, 1.165) is 49.1 Å². The maximum atomic E-state index is 13.4. The number of fused-ring (bicyclic) bond motifs is 1. The second kappa shape index (κ2) is 4.97. The number of rotatable bonds is 3. The molecule has 1 aromatic carbocycles. The Labute approximate surface area is 113 Å². The largest absolute Gasteiger partial charge is 0.378 e. The first kappa shape index (κ1) is 12.1. The normalized spacial score (nSPS) is 19.8. The van der Waals surface area contributed by atoms with Crippen LogP contribution in [-0.2, 0) is 11.2 Å². The number of hydrogen-bond acceptors (Lipinski definition) is 2. The van der Waals surface area contributed by atoms with E-state index in [2.05, 4.69) is 25.9 Å². The van der Waals surface area contributed by atoms with E-state index in [1.165, 1.54) is 6.07 Å². The second-order valence-electron chi connectivity index (χ2n) is 4.64. The number of nitrogens with zero attached hydrogens (tertiary/aromatic N) is 1. The Morgan fingerprint density at radius 1 is 1.50 bits per heavy atom. The van der Waals surface area contributed by atoms with Gasteiger partial charge in [0.05, 0.1) is 21.6 Å². The van der Waals surface area contributed by atoms with Gasteiger partial charge in [-0.3, -0.25) is 0 Å². The van der Waals surface area contributed by atoms with Crippen molar-refractivity contribution in [1.82, 2.24) is 9.97 Å². The molecule has 0 spiro atoms. The molecule has 18 heavy (non-hydrogen) atoms. The molecule has 0 bridgehead atoms. The van der Waals surface area contributed by atoms with E-state index < -0.39 is 0 Å². The highest BCUT2D eigenvalue weighted by atomic mass is 79.9. The molecular formula is C13H14BrFN2O. The predicted molar refractivity (Wildman–Crippen MR) is 71.0 cm³/mol. The highest BCUT2D eigenvalue weighted by Gasteiger charge is 2.16. The second-order valence-corrected chi connectivity index (χ2v) is 5.50. The van der Waals surface area contributed by atoms with E-state index in [1.54, 1.807) is 6.07 Å². The fraction of sp³-hybridized carbons (Fsp3) is 0.462. The molecule has 0 aliphatic carbocycles. The lowest BCUT2D eigenvalue weighted by Crippen LogP contribution is -2.06. The summed E-state index contributed by atoms with van der Waals surface area (Å²) in [5.41, 5.74) is 1.55. The van der Waals surface area contributed by atoms with Gasteiger partial charge >= 0.3 is 0 Å². The number of ether oxygens (including phenoxy) is 1. The van der Waals surface area contributed by atoms with Gasteiger partial charge < -0.3 is 9.72 Å². The van der Waals surface area contributed by atoms with Crippen LogP contribution in [0.25, 0.3) is 11.0 Å². The minimum Gasteiger partial charge on any atom is -0.378 e. The summed E-state index contributed by atoms with van der Waals surface area (Å²) in [4.78, 5) is 7.63. The minimum absolute atomic E-state index is 0.267. The van der Waals surface area contributed by atoms with Gasteiger partial charge in [0, 0.05) is 19.1 Å². The van der Waals surface area contributed by atoms with Crippen LogP contribution in [0.15, 0.2) is 16.6 Å². The smallest absolute Gasteiger partial charge is 0.139 e. The van der Waals surface area contributed by atoms with Crippen molar-refractivity contribution >= 4 is 27.0 Å². The Morgan fingerprint density at radius 2 is 2.39 bits per heavy atom. The first-order chi connectivity index (χ1) is 8.72. The Bertz CT molecular complexity index is 524. The molecule has 3 nitrogen and oxygen atoms in total. The van der Waals surface area contributed by atoms with Crippen LogP contribution >= 0.6 is 15.9 Å².